The molecule has 0 radical (unpaired) electrons. The van der Waals surface area contributed by atoms with Crippen molar-refractivity contribution < 1.29 is 0 Å². The molecule has 0 N–H and O–H groups in total. The second-order valence-electron chi connectivity index (χ2n) is 13.7. The van der Waals surface area contributed by atoms with Crippen LogP contribution in [0.2, 0.25) is 13.1 Å². The first-order valence-electron chi connectivity index (χ1n) is 16.9. The molecule has 2 unspecified atom stereocenters. The lowest BCUT2D eigenvalue weighted by Crippen LogP contribution is -2.56. The molecular formula is C46H40Si. The average Bonchev–Trinajstić information content (AvgIpc) is 3.66. The van der Waals surface area contributed by atoms with E-state index in [0.29, 0.717) is 11.8 Å². The van der Waals surface area contributed by atoms with Crippen molar-refractivity contribution in [1.82, 2.24) is 0 Å². The van der Waals surface area contributed by atoms with Crippen LogP contribution in [0.4, 0.5) is 0 Å². The molecule has 2 aliphatic rings. The van der Waals surface area contributed by atoms with E-state index in [1.54, 1.807) is 10.4 Å². The summed E-state index contributed by atoms with van der Waals surface area (Å²) in [7, 11) is -2.23. The SMILES string of the molecule is CC1C=C(c2ccccc2)c2c(-c3ccccc3)ccc([Si](C)(C)c3ccc(-c4ccccc4)c4c3C(C)C=C4c3ccccc3)c21. The maximum atomic E-state index is 2.59. The van der Waals surface area contributed by atoms with Crippen LogP contribution in [-0.4, -0.2) is 8.07 Å². The van der Waals surface area contributed by atoms with Crippen LogP contribution < -0.4 is 10.4 Å². The van der Waals surface area contributed by atoms with Crippen LogP contribution in [0.15, 0.2) is 158 Å². The molecular weight excluding hydrogens is 581 g/mol. The van der Waals surface area contributed by atoms with Gasteiger partial charge in [0.2, 0.25) is 0 Å². The van der Waals surface area contributed by atoms with E-state index in [4.69, 9.17) is 0 Å². The van der Waals surface area contributed by atoms with Gasteiger partial charge in [-0.15, -0.1) is 0 Å². The quantitative estimate of drug-likeness (QED) is 0.163. The third-order valence-electron chi connectivity index (χ3n) is 10.5. The summed E-state index contributed by atoms with van der Waals surface area (Å²) in [6, 6.07) is 53.7. The lowest BCUT2D eigenvalue weighted by Gasteiger charge is -2.32. The van der Waals surface area contributed by atoms with Crippen LogP contribution in [0.1, 0.15) is 59.1 Å². The topological polar surface area (TPSA) is 0 Å². The number of hydrogen-bond donors (Lipinski definition) is 0. The van der Waals surface area contributed by atoms with E-state index in [2.05, 4.69) is 185 Å². The molecule has 6 aromatic rings. The fourth-order valence-corrected chi connectivity index (χ4v) is 11.6. The molecule has 0 nitrogen and oxygen atoms in total. The number of hydrogen-bond acceptors (Lipinski definition) is 0. The molecule has 47 heavy (non-hydrogen) atoms. The van der Waals surface area contributed by atoms with Crippen molar-refractivity contribution in [2.75, 3.05) is 0 Å². The smallest absolute Gasteiger partial charge is 0.0688 e. The Labute approximate surface area is 280 Å². The summed E-state index contributed by atoms with van der Waals surface area (Å²) >= 11 is 0. The summed E-state index contributed by atoms with van der Waals surface area (Å²) in [6.07, 6.45) is 5.03. The van der Waals surface area contributed by atoms with Crippen molar-refractivity contribution in [2.24, 2.45) is 0 Å². The first-order chi connectivity index (χ1) is 22.9. The van der Waals surface area contributed by atoms with Gasteiger partial charge >= 0.3 is 0 Å². The highest BCUT2D eigenvalue weighted by atomic mass is 28.3. The second kappa shape index (κ2) is 11.7. The predicted octanol–water partition coefficient (Wildman–Crippen LogP) is 10.9. The highest BCUT2D eigenvalue weighted by Crippen LogP contribution is 2.47. The van der Waals surface area contributed by atoms with Crippen molar-refractivity contribution in [1.29, 1.82) is 0 Å². The Morgan fingerprint density at radius 2 is 0.702 bits per heavy atom. The summed E-state index contributed by atoms with van der Waals surface area (Å²) < 4.78 is 0. The van der Waals surface area contributed by atoms with Crippen molar-refractivity contribution >= 4 is 29.6 Å². The van der Waals surface area contributed by atoms with Crippen molar-refractivity contribution in [3.05, 3.63) is 191 Å². The fourth-order valence-electron chi connectivity index (χ4n) is 8.27. The Balaban J connectivity index is 1.36. The highest BCUT2D eigenvalue weighted by molar-refractivity contribution is 7.01. The van der Waals surface area contributed by atoms with Gasteiger partial charge in [0.15, 0.2) is 0 Å². The van der Waals surface area contributed by atoms with Gasteiger partial charge in [0.05, 0.1) is 0 Å². The van der Waals surface area contributed by atoms with Crippen LogP contribution in [-0.2, 0) is 0 Å². The van der Waals surface area contributed by atoms with Gasteiger partial charge in [-0.2, -0.15) is 0 Å². The number of benzene rings is 6. The van der Waals surface area contributed by atoms with Crippen LogP contribution >= 0.6 is 0 Å². The number of allylic oxidation sites excluding steroid dienone is 2. The van der Waals surface area contributed by atoms with Crippen LogP contribution in [0, 0.1) is 0 Å². The van der Waals surface area contributed by atoms with E-state index < -0.39 is 8.07 Å². The summed E-state index contributed by atoms with van der Waals surface area (Å²) in [6.45, 7) is 9.97. The molecule has 0 heterocycles. The van der Waals surface area contributed by atoms with Gasteiger partial charge in [-0.05, 0) is 66.8 Å². The zero-order chi connectivity index (χ0) is 32.1. The summed E-state index contributed by atoms with van der Waals surface area (Å²) in [5.74, 6) is 0.662. The van der Waals surface area contributed by atoms with Gasteiger partial charge in [-0.25, -0.2) is 0 Å². The summed E-state index contributed by atoms with van der Waals surface area (Å²) in [5.41, 5.74) is 16.4. The predicted molar refractivity (Wildman–Crippen MR) is 204 cm³/mol. The molecule has 0 amide bonds. The van der Waals surface area contributed by atoms with Crippen LogP contribution in [0.3, 0.4) is 0 Å². The average molecular weight is 621 g/mol. The highest BCUT2D eigenvalue weighted by Gasteiger charge is 2.39. The van der Waals surface area contributed by atoms with Crippen LogP contribution in [0.25, 0.3) is 33.4 Å². The first kappa shape index (κ1) is 29.4. The van der Waals surface area contributed by atoms with Crippen molar-refractivity contribution in [3.8, 4) is 22.3 Å². The number of fused-ring (bicyclic) bond motifs is 2. The maximum Gasteiger partial charge on any atom is 0.113 e. The second-order valence-corrected chi connectivity index (χ2v) is 18.1. The van der Waals surface area contributed by atoms with E-state index in [0.717, 1.165) is 0 Å². The monoisotopic (exact) mass is 620 g/mol. The fraction of sp³-hybridized carbons (Fsp3) is 0.130. The molecule has 228 valence electrons. The van der Waals surface area contributed by atoms with Gasteiger partial charge < -0.3 is 0 Å². The van der Waals surface area contributed by atoms with Gasteiger partial charge in [0.25, 0.3) is 0 Å². The van der Waals surface area contributed by atoms with Gasteiger partial charge in [-0.1, -0.05) is 195 Å². The molecule has 0 spiro atoms. The molecule has 0 fully saturated rings. The zero-order valence-electron chi connectivity index (χ0n) is 27.7. The Kier molecular flexibility index (Phi) is 7.31. The minimum Gasteiger partial charge on any atom is -0.0688 e. The van der Waals surface area contributed by atoms with E-state index in [1.807, 2.05) is 0 Å². The van der Waals surface area contributed by atoms with E-state index in [-0.39, 0.29) is 0 Å². The Hall–Kier alpha value is -4.98. The third kappa shape index (κ3) is 4.89. The van der Waals surface area contributed by atoms with Gasteiger partial charge in [0, 0.05) is 11.8 Å². The molecule has 0 bridgehead atoms. The lowest BCUT2D eigenvalue weighted by atomic mass is 9.89. The molecule has 6 aromatic carbocycles. The molecule has 2 atom stereocenters. The molecule has 0 aromatic heterocycles. The van der Waals surface area contributed by atoms with E-state index >= 15 is 0 Å². The summed E-state index contributed by atoms with van der Waals surface area (Å²) in [4.78, 5) is 0. The minimum atomic E-state index is -2.23. The summed E-state index contributed by atoms with van der Waals surface area (Å²) in [5, 5.41) is 3.11. The standard InChI is InChI=1S/C46H40Si/c1-31-29-39(35-21-13-7-14-22-35)45-37(33-17-9-5-10-18-33)25-27-41(43(31)45)47(3,4)42-28-26-38(34-19-11-6-12-20-34)46-40(30-32(2)44(42)46)36-23-15-8-16-24-36/h5-32H,1-4H3. The molecule has 0 saturated heterocycles. The largest absolute Gasteiger partial charge is 0.113 e. The molecule has 2 aliphatic carbocycles. The number of rotatable bonds is 6. The molecule has 0 aliphatic heterocycles. The van der Waals surface area contributed by atoms with Crippen molar-refractivity contribution in [2.45, 2.75) is 38.8 Å². The molecule has 1 heteroatoms. The Morgan fingerprint density at radius 1 is 0.383 bits per heavy atom. The third-order valence-corrected chi connectivity index (χ3v) is 14.0. The zero-order valence-corrected chi connectivity index (χ0v) is 28.7. The molecule has 0 saturated carbocycles. The van der Waals surface area contributed by atoms with E-state index in [1.165, 1.54) is 66.8 Å². The maximum absolute atomic E-state index is 2.59. The Bertz CT molecular complexity index is 2000. The first-order valence-corrected chi connectivity index (χ1v) is 19.9. The van der Waals surface area contributed by atoms with Crippen molar-refractivity contribution in [3.63, 3.8) is 0 Å². The Morgan fingerprint density at radius 3 is 1.04 bits per heavy atom. The van der Waals surface area contributed by atoms with E-state index in [9.17, 15) is 0 Å². The molecule has 8 rings (SSSR count). The van der Waals surface area contributed by atoms with Crippen LogP contribution in [0.5, 0.6) is 0 Å². The van der Waals surface area contributed by atoms with Gasteiger partial charge in [-0.3, -0.25) is 0 Å². The van der Waals surface area contributed by atoms with Gasteiger partial charge in [0.1, 0.15) is 8.07 Å². The normalized spacial score (nSPS) is 16.8. The lowest BCUT2D eigenvalue weighted by molar-refractivity contribution is 0.993. The minimum absolute atomic E-state index is 0.331.